The number of halogens is 1. The molecule has 2 amide bonds. The predicted molar refractivity (Wildman–Crippen MR) is 119 cm³/mol. The Hall–Kier alpha value is -2.34. The maximum absolute atomic E-state index is 13.0. The van der Waals surface area contributed by atoms with Crippen LogP contribution in [0.15, 0.2) is 53.0 Å². The van der Waals surface area contributed by atoms with Crippen LogP contribution in [0.4, 0.5) is 0 Å². The lowest BCUT2D eigenvalue weighted by atomic mass is 10.1. The van der Waals surface area contributed by atoms with Gasteiger partial charge in [-0.05, 0) is 62.6 Å². The molecule has 29 heavy (non-hydrogen) atoms. The monoisotopic (exact) mass is 460 g/mol. The van der Waals surface area contributed by atoms with E-state index in [-0.39, 0.29) is 24.5 Å². The Morgan fingerprint density at radius 2 is 1.59 bits per heavy atom. The van der Waals surface area contributed by atoms with E-state index in [2.05, 4.69) is 28.2 Å². The van der Waals surface area contributed by atoms with Gasteiger partial charge >= 0.3 is 0 Å². The number of carbonyl (C=O) groups excluding carboxylic acids is 2. The van der Waals surface area contributed by atoms with Crippen molar-refractivity contribution in [3.63, 3.8) is 0 Å². The molecule has 0 radical (unpaired) electrons. The maximum Gasteiger partial charge on any atom is 0.261 e. The van der Waals surface area contributed by atoms with Crippen LogP contribution in [0.3, 0.4) is 0 Å². The quantitative estimate of drug-likeness (QED) is 0.605. The number of rotatable bonds is 9. The smallest absolute Gasteiger partial charge is 0.261 e. The van der Waals surface area contributed by atoms with Crippen LogP contribution in [0.1, 0.15) is 38.8 Å². The molecule has 0 fully saturated rings. The van der Waals surface area contributed by atoms with Gasteiger partial charge in [0.15, 0.2) is 6.61 Å². The van der Waals surface area contributed by atoms with Crippen molar-refractivity contribution in [1.82, 2.24) is 10.2 Å². The zero-order valence-electron chi connectivity index (χ0n) is 17.4. The van der Waals surface area contributed by atoms with E-state index in [1.807, 2.05) is 62.4 Å². The molecule has 2 aromatic carbocycles. The van der Waals surface area contributed by atoms with Crippen LogP contribution >= 0.6 is 15.9 Å². The van der Waals surface area contributed by atoms with Gasteiger partial charge < -0.3 is 15.0 Å². The summed E-state index contributed by atoms with van der Waals surface area (Å²) in [5, 5.41) is 2.88. The molecule has 0 aliphatic heterocycles. The number of carbonyl (C=O) groups is 2. The van der Waals surface area contributed by atoms with E-state index in [1.165, 1.54) is 5.56 Å². The SMILES string of the molecule is CCc1ccc(OCC(=O)N(Cc2ccc(Br)cc2)C(C)C(=O)NC(C)C)cc1. The molecule has 0 spiro atoms. The highest BCUT2D eigenvalue weighted by Gasteiger charge is 2.26. The molecule has 1 atom stereocenters. The van der Waals surface area contributed by atoms with Gasteiger partial charge in [0, 0.05) is 17.1 Å². The fourth-order valence-electron chi connectivity index (χ4n) is 2.82. The van der Waals surface area contributed by atoms with Crippen molar-refractivity contribution in [2.45, 2.75) is 52.7 Å². The summed E-state index contributed by atoms with van der Waals surface area (Å²) in [6.07, 6.45) is 0.947. The van der Waals surface area contributed by atoms with Crippen molar-refractivity contribution in [3.8, 4) is 5.75 Å². The number of amides is 2. The molecule has 5 nitrogen and oxygen atoms in total. The fraction of sp³-hybridized carbons (Fsp3) is 0.391. The largest absolute Gasteiger partial charge is 0.484 e. The van der Waals surface area contributed by atoms with Crippen LogP contribution in [-0.2, 0) is 22.6 Å². The first-order valence-electron chi connectivity index (χ1n) is 9.86. The molecular weight excluding hydrogens is 432 g/mol. The lowest BCUT2D eigenvalue weighted by Crippen LogP contribution is -2.50. The zero-order valence-corrected chi connectivity index (χ0v) is 19.0. The molecule has 156 valence electrons. The van der Waals surface area contributed by atoms with E-state index in [1.54, 1.807) is 11.8 Å². The molecule has 1 unspecified atom stereocenters. The summed E-state index contributed by atoms with van der Waals surface area (Å²) in [7, 11) is 0. The van der Waals surface area contributed by atoms with E-state index in [0.717, 1.165) is 16.5 Å². The van der Waals surface area contributed by atoms with Crippen molar-refractivity contribution < 1.29 is 14.3 Å². The Morgan fingerprint density at radius 1 is 1.00 bits per heavy atom. The summed E-state index contributed by atoms with van der Waals surface area (Å²) < 4.78 is 6.65. The van der Waals surface area contributed by atoms with E-state index < -0.39 is 6.04 Å². The Morgan fingerprint density at radius 3 is 2.14 bits per heavy atom. The first-order valence-corrected chi connectivity index (χ1v) is 10.7. The third kappa shape index (κ3) is 7.20. The summed E-state index contributed by atoms with van der Waals surface area (Å²) in [5.74, 6) is 0.218. The van der Waals surface area contributed by atoms with Crippen LogP contribution in [0, 0.1) is 0 Å². The van der Waals surface area contributed by atoms with E-state index in [4.69, 9.17) is 4.74 Å². The van der Waals surface area contributed by atoms with Gasteiger partial charge in [0.1, 0.15) is 11.8 Å². The van der Waals surface area contributed by atoms with Crippen molar-refractivity contribution in [3.05, 3.63) is 64.1 Å². The minimum absolute atomic E-state index is 0.00270. The Bertz CT molecular complexity index is 804. The first kappa shape index (κ1) is 22.9. The van der Waals surface area contributed by atoms with Gasteiger partial charge in [-0.15, -0.1) is 0 Å². The third-order valence-electron chi connectivity index (χ3n) is 4.56. The van der Waals surface area contributed by atoms with Gasteiger partial charge in [0.05, 0.1) is 0 Å². The van der Waals surface area contributed by atoms with Gasteiger partial charge in [-0.1, -0.05) is 47.1 Å². The molecule has 0 bridgehead atoms. The molecule has 1 N–H and O–H groups in total. The van der Waals surface area contributed by atoms with Crippen molar-refractivity contribution in [2.75, 3.05) is 6.61 Å². The molecule has 0 aliphatic rings. The number of ether oxygens (including phenoxy) is 1. The van der Waals surface area contributed by atoms with Crippen molar-refractivity contribution in [1.29, 1.82) is 0 Å². The predicted octanol–water partition coefficient (Wildman–Crippen LogP) is 4.33. The van der Waals surface area contributed by atoms with Crippen LogP contribution in [-0.4, -0.2) is 35.4 Å². The van der Waals surface area contributed by atoms with Crippen LogP contribution in [0.25, 0.3) is 0 Å². The fourth-order valence-corrected chi connectivity index (χ4v) is 3.09. The standard InChI is InChI=1S/C23H29BrN2O3/c1-5-18-8-12-21(13-9-18)29-15-22(27)26(17(4)23(28)25-16(2)3)14-19-6-10-20(24)11-7-19/h6-13,16-17H,5,14-15H2,1-4H3,(H,25,28). The Labute approximate surface area is 181 Å². The van der Waals surface area contributed by atoms with Crippen LogP contribution < -0.4 is 10.1 Å². The Balaban J connectivity index is 2.11. The number of aryl methyl sites for hydroxylation is 1. The minimum Gasteiger partial charge on any atom is -0.484 e. The molecule has 2 rings (SSSR count). The molecule has 2 aromatic rings. The Kier molecular flexibility index (Phi) is 8.70. The number of nitrogens with one attached hydrogen (secondary N) is 1. The van der Waals surface area contributed by atoms with Crippen molar-refractivity contribution >= 4 is 27.7 Å². The summed E-state index contributed by atoms with van der Waals surface area (Å²) in [5.41, 5.74) is 2.15. The maximum atomic E-state index is 13.0. The minimum atomic E-state index is -0.611. The van der Waals surface area contributed by atoms with Gasteiger partial charge in [-0.3, -0.25) is 9.59 Å². The second-order valence-electron chi connectivity index (χ2n) is 7.27. The zero-order chi connectivity index (χ0) is 21.4. The van der Waals surface area contributed by atoms with Gasteiger partial charge in [-0.2, -0.15) is 0 Å². The molecule has 0 saturated carbocycles. The number of hydrogen-bond acceptors (Lipinski definition) is 3. The molecule has 0 saturated heterocycles. The topological polar surface area (TPSA) is 58.6 Å². The van der Waals surface area contributed by atoms with E-state index in [0.29, 0.717) is 12.3 Å². The van der Waals surface area contributed by atoms with Gasteiger partial charge in [0.2, 0.25) is 5.91 Å². The van der Waals surface area contributed by atoms with Crippen LogP contribution in [0.2, 0.25) is 0 Å². The lowest BCUT2D eigenvalue weighted by Gasteiger charge is -2.29. The average molecular weight is 461 g/mol. The molecular formula is C23H29BrN2O3. The number of hydrogen-bond donors (Lipinski definition) is 1. The second kappa shape index (κ2) is 11.0. The summed E-state index contributed by atoms with van der Waals surface area (Å²) >= 11 is 3.42. The summed E-state index contributed by atoms with van der Waals surface area (Å²) in [6, 6.07) is 14.8. The van der Waals surface area contributed by atoms with E-state index >= 15 is 0 Å². The molecule has 0 aliphatic carbocycles. The van der Waals surface area contributed by atoms with Crippen molar-refractivity contribution in [2.24, 2.45) is 0 Å². The summed E-state index contributed by atoms with van der Waals surface area (Å²) in [6.45, 7) is 7.83. The second-order valence-corrected chi connectivity index (χ2v) is 8.19. The molecule has 6 heteroatoms. The van der Waals surface area contributed by atoms with Gasteiger partial charge in [-0.25, -0.2) is 0 Å². The third-order valence-corrected chi connectivity index (χ3v) is 5.09. The normalized spacial score (nSPS) is 11.8. The molecule has 0 aromatic heterocycles. The lowest BCUT2D eigenvalue weighted by molar-refractivity contribution is -0.142. The van der Waals surface area contributed by atoms with Gasteiger partial charge in [0.25, 0.3) is 5.91 Å². The molecule has 0 heterocycles. The highest BCUT2D eigenvalue weighted by molar-refractivity contribution is 9.10. The van der Waals surface area contributed by atoms with Crippen LogP contribution in [0.5, 0.6) is 5.75 Å². The van der Waals surface area contributed by atoms with E-state index in [9.17, 15) is 9.59 Å². The average Bonchev–Trinajstić information content (AvgIpc) is 2.71. The number of benzene rings is 2. The highest BCUT2D eigenvalue weighted by atomic mass is 79.9. The highest BCUT2D eigenvalue weighted by Crippen LogP contribution is 2.16. The summed E-state index contributed by atoms with van der Waals surface area (Å²) in [4.78, 5) is 27.0. The number of nitrogens with zero attached hydrogens (tertiary/aromatic N) is 1. The first-order chi connectivity index (χ1) is 13.8.